The maximum atomic E-state index is 5.48. The molecule has 0 bridgehead atoms. The Morgan fingerprint density at radius 1 is 1.28 bits per heavy atom. The predicted molar refractivity (Wildman–Crippen MR) is 71.2 cm³/mol. The topological polar surface area (TPSA) is 59.5 Å². The zero-order valence-electron chi connectivity index (χ0n) is 11.6. The second kappa shape index (κ2) is 7.84. The van der Waals surface area contributed by atoms with Crippen molar-refractivity contribution in [1.29, 1.82) is 0 Å². The lowest BCUT2D eigenvalue weighted by molar-refractivity contribution is 0.126. The monoisotopic (exact) mass is 254 g/mol. The van der Waals surface area contributed by atoms with Crippen molar-refractivity contribution in [3.05, 3.63) is 11.9 Å². The summed E-state index contributed by atoms with van der Waals surface area (Å²) < 4.78 is 10.6. The van der Waals surface area contributed by atoms with E-state index in [1.54, 1.807) is 7.11 Å². The van der Waals surface area contributed by atoms with Gasteiger partial charge in [-0.1, -0.05) is 0 Å². The van der Waals surface area contributed by atoms with E-state index in [0.29, 0.717) is 19.0 Å². The summed E-state index contributed by atoms with van der Waals surface area (Å²) in [6.07, 6.45) is 1.49. The van der Waals surface area contributed by atoms with Gasteiger partial charge in [-0.25, -0.2) is 9.97 Å². The molecule has 1 rings (SSSR count). The fourth-order valence-electron chi connectivity index (χ4n) is 1.41. The van der Waals surface area contributed by atoms with Gasteiger partial charge in [0.2, 0.25) is 5.88 Å². The summed E-state index contributed by atoms with van der Waals surface area (Å²) >= 11 is 0. The molecule has 0 atom stereocenters. The van der Waals surface area contributed by atoms with Crippen LogP contribution < -0.4 is 10.1 Å². The lowest BCUT2D eigenvalue weighted by Gasteiger charge is -2.12. The number of rotatable bonds is 8. The van der Waals surface area contributed by atoms with Gasteiger partial charge in [0, 0.05) is 13.1 Å². The highest BCUT2D eigenvalue weighted by Gasteiger charge is 2.05. The second-order valence-corrected chi connectivity index (χ2v) is 4.20. The third-order valence-electron chi connectivity index (χ3n) is 2.45. The molecule has 0 aliphatic carbocycles. The fourth-order valence-corrected chi connectivity index (χ4v) is 1.41. The van der Waals surface area contributed by atoms with Gasteiger partial charge in [0.1, 0.15) is 12.1 Å². The zero-order valence-corrected chi connectivity index (χ0v) is 11.6. The predicted octanol–water partition coefficient (Wildman–Crippen LogP) is 0.784. The Bertz CT molecular complexity index is 358. The van der Waals surface area contributed by atoms with Crippen molar-refractivity contribution in [3.63, 3.8) is 0 Å². The Balaban J connectivity index is 2.27. The number of hydrogen-bond donors (Lipinski definition) is 1. The first kappa shape index (κ1) is 14.7. The second-order valence-electron chi connectivity index (χ2n) is 4.20. The van der Waals surface area contributed by atoms with Gasteiger partial charge in [-0.2, -0.15) is 0 Å². The van der Waals surface area contributed by atoms with Crippen LogP contribution in [-0.4, -0.2) is 62.4 Å². The minimum Gasteiger partial charge on any atom is -0.481 e. The number of nitrogens with one attached hydrogen (secondary N) is 1. The van der Waals surface area contributed by atoms with Crippen LogP contribution in [0.4, 0.5) is 5.82 Å². The minimum absolute atomic E-state index is 0.598. The summed E-state index contributed by atoms with van der Waals surface area (Å²) in [5.74, 6) is 1.39. The fraction of sp³-hybridized carbons (Fsp3) is 0.667. The van der Waals surface area contributed by atoms with Crippen LogP contribution in [0.25, 0.3) is 0 Å². The Labute approximate surface area is 108 Å². The number of ether oxygens (including phenoxy) is 2. The van der Waals surface area contributed by atoms with Gasteiger partial charge < -0.3 is 19.7 Å². The molecule has 18 heavy (non-hydrogen) atoms. The van der Waals surface area contributed by atoms with E-state index in [-0.39, 0.29) is 0 Å². The average Bonchev–Trinajstić information content (AvgIpc) is 2.35. The Hall–Kier alpha value is -1.40. The van der Waals surface area contributed by atoms with Crippen molar-refractivity contribution in [2.24, 2.45) is 0 Å². The van der Waals surface area contributed by atoms with Crippen molar-refractivity contribution in [2.45, 2.75) is 6.92 Å². The summed E-state index contributed by atoms with van der Waals surface area (Å²) in [4.78, 5) is 10.3. The molecule has 0 saturated carbocycles. The van der Waals surface area contributed by atoms with Gasteiger partial charge >= 0.3 is 0 Å². The SMILES string of the molecule is COc1ncnc(NCCOCCN(C)C)c1C. The molecule has 0 aromatic carbocycles. The van der Waals surface area contributed by atoms with Crippen molar-refractivity contribution in [2.75, 3.05) is 52.8 Å². The highest BCUT2D eigenvalue weighted by molar-refractivity contribution is 5.47. The number of aromatic nitrogens is 2. The number of methoxy groups -OCH3 is 1. The largest absolute Gasteiger partial charge is 0.481 e. The van der Waals surface area contributed by atoms with E-state index in [1.165, 1.54) is 6.33 Å². The van der Waals surface area contributed by atoms with Crippen LogP contribution in [0.2, 0.25) is 0 Å². The molecular weight excluding hydrogens is 232 g/mol. The molecule has 1 heterocycles. The quantitative estimate of drug-likeness (QED) is 0.692. The summed E-state index contributed by atoms with van der Waals surface area (Å²) in [5, 5.41) is 3.21. The molecule has 1 N–H and O–H groups in total. The minimum atomic E-state index is 0.598. The lowest BCUT2D eigenvalue weighted by atomic mass is 10.3. The molecule has 1 aromatic rings. The highest BCUT2D eigenvalue weighted by Crippen LogP contribution is 2.19. The van der Waals surface area contributed by atoms with Gasteiger partial charge in [-0.05, 0) is 21.0 Å². The zero-order chi connectivity index (χ0) is 13.4. The number of hydrogen-bond acceptors (Lipinski definition) is 6. The van der Waals surface area contributed by atoms with E-state index in [9.17, 15) is 0 Å². The molecule has 102 valence electrons. The number of anilines is 1. The highest BCUT2D eigenvalue weighted by atomic mass is 16.5. The molecule has 1 aromatic heterocycles. The van der Waals surface area contributed by atoms with E-state index in [4.69, 9.17) is 9.47 Å². The van der Waals surface area contributed by atoms with E-state index >= 15 is 0 Å². The van der Waals surface area contributed by atoms with Crippen LogP contribution in [0.3, 0.4) is 0 Å². The Morgan fingerprint density at radius 3 is 2.72 bits per heavy atom. The van der Waals surface area contributed by atoms with Crippen molar-refractivity contribution < 1.29 is 9.47 Å². The maximum Gasteiger partial charge on any atom is 0.221 e. The van der Waals surface area contributed by atoms with Crippen LogP contribution in [-0.2, 0) is 4.74 Å². The third-order valence-corrected chi connectivity index (χ3v) is 2.45. The van der Waals surface area contributed by atoms with Gasteiger partial charge in [0.15, 0.2) is 0 Å². The van der Waals surface area contributed by atoms with Crippen LogP contribution in [0.5, 0.6) is 5.88 Å². The van der Waals surface area contributed by atoms with E-state index in [1.807, 2.05) is 21.0 Å². The van der Waals surface area contributed by atoms with Crippen molar-refractivity contribution in [1.82, 2.24) is 14.9 Å². The first-order valence-corrected chi connectivity index (χ1v) is 5.97. The average molecular weight is 254 g/mol. The molecule has 6 heteroatoms. The normalized spacial score (nSPS) is 10.7. The number of nitrogens with zero attached hydrogens (tertiary/aromatic N) is 3. The molecule has 0 aliphatic rings. The molecule has 0 radical (unpaired) electrons. The van der Waals surface area contributed by atoms with Crippen LogP contribution in [0.1, 0.15) is 5.56 Å². The van der Waals surface area contributed by atoms with E-state index < -0.39 is 0 Å². The molecule has 6 nitrogen and oxygen atoms in total. The summed E-state index contributed by atoms with van der Waals surface area (Å²) in [6.45, 7) is 4.96. The molecule has 0 fully saturated rings. The van der Waals surface area contributed by atoms with E-state index in [2.05, 4.69) is 20.2 Å². The molecule has 0 aliphatic heterocycles. The molecule has 0 unspecified atom stereocenters. The summed E-state index contributed by atoms with van der Waals surface area (Å²) in [7, 11) is 5.65. The first-order valence-electron chi connectivity index (χ1n) is 5.97. The summed E-state index contributed by atoms with van der Waals surface area (Å²) in [6, 6.07) is 0. The summed E-state index contributed by atoms with van der Waals surface area (Å²) in [5.41, 5.74) is 0.910. The molecule has 0 saturated heterocycles. The van der Waals surface area contributed by atoms with Crippen LogP contribution in [0, 0.1) is 6.92 Å². The van der Waals surface area contributed by atoms with Crippen LogP contribution >= 0.6 is 0 Å². The smallest absolute Gasteiger partial charge is 0.221 e. The van der Waals surface area contributed by atoms with Gasteiger partial charge in [0.05, 0.1) is 25.9 Å². The first-order chi connectivity index (χ1) is 8.65. The molecule has 0 amide bonds. The van der Waals surface area contributed by atoms with Crippen LogP contribution in [0.15, 0.2) is 6.33 Å². The van der Waals surface area contributed by atoms with E-state index in [0.717, 1.165) is 24.5 Å². The Kier molecular flexibility index (Phi) is 6.38. The van der Waals surface area contributed by atoms with Crippen molar-refractivity contribution >= 4 is 5.82 Å². The Morgan fingerprint density at radius 2 is 2.06 bits per heavy atom. The molecule has 0 spiro atoms. The third kappa shape index (κ3) is 4.85. The van der Waals surface area contributed by atoms with Gasteiger partial charge in [-0.3, -0.25) is 0 Å². The lowest BCUT2D eigenvalue weighted by Crippen LogP contribution is -2.20. The molecular formula is C12H22N4O2. The number of likely N-dealkylation sites (N-methyl/N-ethyl adjacent to an activating group) is 1. The van der Waals surface area contributed by atoms with Gasteiger partial charge in [0.25, 0.3) is 0 Å². The van der Waals surface area contributed by atoms with Gasteiger partial charge in [-0.15, -0.1) is 0 Å². The standard InChI is InChI=1S/C12H22N4O2/c1-10-11(14-9-15-12(10)17-4)13-5-7-18-8-6-16(2)3/h9H,5-8H2,1-4H3,(H,13,14,15). The van der Waals surface area contributed by atoms with Crippen molar-refractivity contribution in [3.8, 4) is 5.88 Å². The maximum absolute atomic E-state index is 5.48.